The van der Waals surface area contributed by atoms with Crippen LogP contribution < -0.4 is 10.6 Å². The predicted octanol–water partition coefficient (Wildman–Crippen LogP) is 3.78. The molecule has 2 aliphatic rings. The molecular formula is C21H14N4O. The molecule has 0 radical (unpaired) electrons. The number of rotatable bonds is 0. The number of nitrogens with one attached hydrogen (secondary N) is 2. The minimum absolute atomic E-state index is 0.0994. The summed E-state index contributed by atoms with van der Waals surface area (Å²) in [4.78, 5) is 18.2. The van der Waals surface area contributed by atoms with Gasteiger partial charge in [-0.2, -0.15) is 0 Å². The maximum atomic E-state index is 13.3. The summed E-state index contributed by atoms with van der Waals surface area (Å²) in [6.07, 6.45) is 0. The highest BCUT2D eigenvalue weighted by Crippen LogP contribution is 2.48. The van der Waals surface area contributed by atoms with Crippen molar-refractivity contribution >= 4 is 28.3 Å². The fourth-order valence-electron chi connectivity index (χ4n) is 4.17. The van der Waals surface area contributed by atoms with Gasteiger partial charge in [0.1, 0.15) is 5.82 Å². The molecule has 6 rings (SSSR count). The van der Waals surface area contributed by atoms with Gasteiger partial charge in [0.2, 0.25) is 5.66 Å². The summed E-state index contributed by atoms with van der Waals surface area (Å²) in [5.41, 5.74) is 4.38. The van der Waals surface area contributed by atoms with Crippen LogP contribution in [0.2, 0.25) is 0 Å². The molecule has 1 atom stereocenters. The van der Waals surface area contributed by atoms with Gasteiger partial charge in [0, 0.05) is 22.5 Å². The summed E-state index contributed by atoms with van der Waals surface area (Å²) in [5, 5.41) is 6.56. The number of imidazole rings is 1. The average Bonchev–Trinajstić information content (AvgIpc) is 3.19. The maximum Gasteiger partial charge on any atom is 0.276 e. The number of hydrogen-bond acceptors (Lipinski definition) is 3. The van der Waals surface area contributed by atoms with Crippen molar-refractivity contribution in [2.24, 2.45) is 0 Å². The van der Waals surface area contributed by atoms with Crippen molar-refractivity contribution in [3.63, 3.8) is 0 Å². The molecule has 1 spiro atoms. The van der Waals surface area contributed by atoms with Crippen LogP contribution in [0.15, 0.2) is 72.8 Å². The van der Waals surface area contributed by atoms with Crippen LogP contribution in [0.1, 0.15) is 5.56 Å². The number of para-hydroxylation sites is 4. The van der Waals surface area contributed by atoms with Crippen molar-refractivity contribution < 1.29 is 4.79 Å². The zero-order valence-electron chi connectivity index (χ0n) is 13.7. The van der Waals surface area contributed by atoms with E-state index in [1.807, 2.05) is 77.4 Å². The predicted molar refractivity (Wildman–Crippen MR) is 101 cm³/mol. The van der Waals surface area contributed by atoms with E-state index in [4.69, 9.17) is 4.98 Å². The highest BCUT2D eigenvalue weighted by atomic mass is 16.2. The van der Waals surface area contributed by atoms with Crippen molar-refractivity contribution in [1.29, 1.82) is 0 Å². The Balaban J connectivity index is 1.81. The summed E-state index contributed by atoms with van der Waals surface area (Å²) in [6, 6.07) is 23.7. The second-order valence-corrected chi connectivity index (χ2v) is 6.64. The smallest absolute Gasteiger partial charge is 0.276 e. The third kappa shape index (κ3) is 1.46. The molecule has 3 aromatic carbocycles. The monoisotopic (exact) mass is 338 g/mol. The number of amides is 1. The van der Waals surface area contributed by atoms with Crippen molar-refractivity contribution in [3.8, 4) is 11.4 Å². The van der Waals surface area contributed by atoms with Crippen LogP contribution in [-0.4, -0.2) is 15.5 Å². The standard InChI is InChI=1S/C21H14N4O/c26-20-21(14-8-2-4-10-16(14)23-20)24-15-9-3-1-7-13(15)19-22-17-11-5-6-12-18(17)25(19)21/h1-12,24H,(H,23,26). The molecule has 124 valence electrons. The van der Waals surface area contributed by atoms with Crippen molar-refractivity contribution in [2.45, 2.75) is 5.66 Å². The van der Waals surface area contributed by atoms with Crippen molar-refractivity contribution in [2.75, 3.05) is 10.6 Å². The van der Waals surface area contributed by atoms with Gasteiger partial charge in [-0.05, 0) is 30.3 Å². The Morgan fingerprint density at radius 3 is 2.50 bits per heavy atom. The zero-order valence-corrected chi connectivity index (χ0v) is 13.7. The molecule has 1 aromatic heterocycles. The number of benzene rings is 3. The fourth-order valence-corrected chi connectivity index (χ4v) is 4.17. The highest BCUT2D eigenvalue weighted by molar-refractivity contribution is 6.10. The molecule has 1 unspecified atom stereocenters. The Kier molecular flexibility index (Phi) is 2.37. The lowest BCUT2D eigenvalue weighted by Gasteiger charge is -2.37. The van der Waals surface area contributed by atoms with E-state index in [2.05, 4.69) is 10.6 Å². The molecule has 0 saturated carbocycles. The molecule has 0 aliphatic carbocycles. The second-order valence-electron chi connectivity index (χ2n) is 6.64. The second kappa shape index (κ2) is 4.52. The molecule has 4 aromatic rings. The van der Waals surface area contributed by atoms with E-state index in [0.29, 0.717) is 0 Å². The van der Waals surface area contributed by atoms with E-state index in [-0.39, 0.29) is 5.91 Å². The third-order valence-corrected chi connectivity index (χ3v) is 5.27. The maximum absolute atomic E-state index is 13.3. The van der Waals surface area contributed by atoms with Crippen LogP contribution >= 0.6 is 0 Å². The van der Waals surface area contributed by atoms with Gasteiger partial charge in [-0.25, -0.2) is 4.98 Å². The lowest BCUT2D eigenvalue weighted by Crippen LogP contribution is -2.50. The first-order valence-corrected chi connectivity index (χ1v) is 8.55. The van der Waals surface area contributed by atoms with E-state index in [9.17, 15) is 4.79 Å². The van der Waals surface area contributed by atoms with Crippen LogP contribution in [0.4, 0.5) is 11.4 Å². The molecule has 2 aliphatic heterocycles. The van der Waals surface area contributed by atoms with Gasteiger partial charge in [-0.15, -0.1) is 0 Å². The molecule has 5 nitrogen and oxygen atoms in total. The van der Waals surface area contributed by atoms with E-state index in [1.165, 1.54) is 0 Å². The first-order valence-electron chi connectivity index (χ1n) is 8.55. The van der Waals surface area contributed by atoms with Gasteiger partial charge in [-0.1, -0.05) is 42.5 Å². The van der Waals surface area contributed by atoms with Crippen LogP contribution in [0.5, 0.6) is 0 Å². The molecule has 0 bridgehead atoms. The molecular weight excluding hydrogens is 324 g/mol. The van der Waals surface area contributed by atoms with Crippen LogP contribution in [0.3, 0.4) is 0 Å². The first-order chi connectivity index (χ1) is 12.8. The van der Waals surface area contributed by atoms with Crippen molar-refractivity contribution in [1.82, 2.24) is 9.55 Å². The summed E-state index contributed by atoms with van der Waals surface area (Å²) in [6.45, 7) is 0. The van der Waals surface area contributed by atoms with E-state index >= 15 is 0 Å². The topological polar surface area (TPSA) is 59.0 Å². The highest BCUT2D eigenvalue weighted by Gasteiger charge is 2.52. The van der Waals surface area contributed by atoms with Crippen LogP contribution in [-0.2, 0) is 10.5 Å². The number of anilines is 2. The zero-order chi connectivity index (χ0) is 17.3. The SMILES string of the molecule is O=C1Nc2ccccc2C12Nc1ccccc1-c1nc3ccccc3n12. The Morgan fingerprint density at radius 1 is 0.846 bits per heavy atom. The summed E-state index contributed by atoms with van der Waals surface area (Å²) >= 11 is 0. The minimum Gasteiger partial charge on any atom is -0.350 e. The van der Waals surface area contributed by atoms with E-state index < -0.39 is 5.66 Å². The number of carbonyl (C=O) groups is 1. The summed E-state index contributed by atoms with van der Waals surface area (Å²) in [5.74, 6) is 0.699. The van der Waals surface area contributed by atoms with Gasteiger partial charge in [0.25, 0.3) is 5.91 Å². The number of nitrogens with zero attached hydrogens (tertiary/aromatic N) is 2. The number of carbonyl (C=O) groups excluding carboxylic acids is 1. The van der Waals surface area contributed by atoms with Crippen molar-refractivity contribution in [3.05, 3.63) is 78.4 Å². The number of aromatic nitrogens is 2. The number of hydrogen-bond donors (Lipinski definition) is 2. The summed E-state index contributed by atoms with van der Waals surface area (Å²) < 4.78 is 2.03. The van der Waals surface area contributed by atoms with E-state index in [1.54, 1.807) is 0 Å². The van der Waals surface area contributed by atoms with Gasteiger partial charge in [0.05, 0.1) is 11.0 Å². The molecule has 0 saturated heterocycles. The summed E-state index contributed by atoms with van der Waals surface area (Å²) in [7, 11) is 0. The average molecular weight is 338 g/mol. The molecule has 0 fully saturated rings. The number of fused-ring (bicyclic) bond motifs is 8. The third-order valence-electron chi connectivity index (χ3n) is 5.27. The van der Waals surface area contributed by atoms with Crippen LogP contribution in [0.25, 0.3) is 22.4 Å². The molecule has 26 heavy (non-hydrogen) atoms. The van der Waals surface area contributed by atoms with Gasteiger partial charge < -0.3 is 10.6 Å². The van der Waals surface area contributed by atoms with Gasteiger partial charge in [0.15, 0.2) is 0 Å². The Morgan fingerprint density at radius 2 is 1.58 bits per heavy atom. The van der Waals surface area contributed by atoms with Crippen LogP contribution in [0, 0.1) is 0 Å². The molecule has 3 heterocycles. The Hall–Kier alpha value is -3.60. The van der Waals surface area contributed by atoms with Gasteiger partial charge >= 0.3 is 0 Å². The Labute approximate surface area is 149 Å². The Bertz CT molecular complexity index is 1230. The normalized spacial score (nSPS) is 19.6. The van der Waals surface area contributed by atoms with Gasteiger partial charge in [-0.3, -0.25) is 9.36 Å². The minimum atomic E-state index is -1.05. The van der Waals surface area contributed by atoms with E-state index in [0.717, 1.165) is 39.4 Å². The molecule has 1 amide bonds. The quantitative estimate of drug-likeness (QED) is 0.513. The molecule has 5 heteroatoms. The largest absolute Gasteiger partial charge is 0.350 e. The lowest BCUT2D eigenvalue weighted by atomic mass is 9.95. The fraction of sp³-hybridized carbons (Fsp3) is 0.0476. The molecule has 2 N–H and O–H groups in total. The lowest BCUT2D eigenvalue weighted by molar-refractivity contribution is -0.120. The first kappa shape index (κ1) is 13.7.